The lowest BCUT2D eigenvalue weighted by Crippen LogP contribution is -2.37. The maximum absolute atomic E-state index is 14.0. The molecule has 0 aliphatic carbocycles. The lowest BCUT2D eigenvalue weighted by atomic mass is 10.0. The summed E-state index contributed by atoms with van der Waals surface area (Å²) in [5.41, 5.74) is 1.86. The number of sulfonamides is 1. The van der Waals surface area contributed by atoms with Crippen molar-refractivity contribution < 1.29 is 26.7 Å². The van der Waals surface area contributed by atoms with E-state index >= 15 is 0 Å². The van der Waals surface area contributed by atoms with Gasteiger partial charge in [0.1, 0.15) is 0 Å². The summed E-state index contributed by atoms with van der Waals surface area (Å²) < 4.78 is 69.9. The number of thioether (sulfide) groups is 1. The number of hydrogen-bond donors (Lipinski definition) is 1. The molecule has 1 aromatic heterocycles. The van der Waals surface area contributed by atoms with Crippen LogP contribution in [-0.2, 0) is 35.7 Å². The molecule has 1 atom stereocenters. The Labute approximate surface area is 244 Å². The minimum Gasteiger partial charge on any atom is -0.390 e. The second-order valence-corrected chi connectivity index (χ2v) is 14.5. The number of likely N-dealkylation sites (tertiary alicyclic amines) is 2. The maximum Gasteiger partial charge on any atom is 0.417 e. The molecule has 228 valence electrons. The van der Waals surface area contributed by atoms with E-state index in [4.69, 9.17) is 5.10 Å². The quantitative estimate of drug-likeness (QED) is 0.406. The third-order valence-electron chi connectivity index (χ3n) is 8.29. The lowest BCUT2D eigenvalue weighted by Gasteiger charge is -2.26. The van der Waals surface area contributed by atoms with Gasteiger partial charge in [0.15, 0.2) is 0 Å². The Kier molecular flexibility index (Phi) is 9.71. The van der Waals surface area contributed by atoms with Crippen molar-refractivity contribution in [2.75, 3.05) is 57.8 Å². The van der Waals surface area contributed by atoms with Gasteiger partial charge in [-0.2, -0.15) is 22.6 Å². The van der Waals surface area contributed by atoms with Crippen LogP contribution in [0.3, 0.4) is 0 Å². The molecule has 41 heavy (non-hydrogen) atoms. The highest BCUT2D eigenvalue weighted by molar-refractivity contribution is 7.99. The summed E-state index contributed by atoms with van der Waals surface area (Å²) in [6.07, 6.45) is 2.11. The molecule has 2 saturated heterocycles. The third kappa shape index (κ3) is 7.66. The number of rotatable bonds is 10. The lowest BCUT2D eigenvalue weighted by molar-refractivity contribution is -0.139. The van der Waals surface area contributed by atoms with Crippen molar-refractivity contribution in [1.82, 2.24) is 23.9 Å². The first kappa shape index (κ1) is 30.8. The molecule has 5 rings (SSSR count). The summed E-state index contributed by atoms with van der Waals surface area (Å²) in [5, 5.41) is 15.7. The van der Waals surface area contributed by atoms with Crippen molar-refractivity contribution in [2.24, 2.45) is 0 Å². The fourth-order valence-electron chi connectivity index (χ4n) is 6.14. The van der Waals surface area contributed by atoms with Gasteiger partial charge < -0.3 is 14.9 Å². The Morgan fingerprint density at radius 3 is 2.37 bits per heavy atom. The molecule has 1 unspecified atom stereocenters. The number of piperidine rings is 1. The molecule has 4 heterocycles. The predicted molar refractivity (Wildman–Crippen MR) is 154 cm³/mol. The molecule has 2 aromatic rings. The number of β-amino-alcohol motifs (C(OH)–C–C–N with tert-alkyl or cyclic N) is 1. The first-order valence-electron chi connectivity index (χ1n) is 14.5. The molecule has 0 amide bonds. The van der Waals surface area contributed by atoms with E-state index in [9.17, 15) is 26.7 Å². The molecule has 1 N–H and O–H groups in total. The van der Waals surface area contributed by atoms with Crippen molar-refractivity contribution in [2.45, 2.75) is 68.8 Å². The SMILES string of the molecule is CS(=O)(=O)N1CCc2c(c(-c3ccc(C(F)(F)F)c(SCCN4CCCCC4)c3)nn2CC(O)CN2CCCC2)C1. The summed E-state index contributed by atoms with van der Waals surface area (Å²) in [6, 6.07) is 4.10. The second-order valence-electron chi connectivity index (χ2n) is 11.4. The van der Waals surface area contributed by atoms with Gasteiger partial charge in [0.2, 0.25) is 10.0 Å². The van der Waals surface area contributed by atoms with Gasteiger partial charge in [-0.05, 0) is 64.0 Å². The highest BCUT2D eigenvalue weighted by Crippen LogP contribution is 2.40. The predicted octanol–water partition coefficient (Wildman–Crippen LogP) is 3.92. The number of alkyl halides is 3. The smallest absolute Gasteiger partial charge is 0.390 e. The number of aliphatic hydroxyl groups excluding tert-OH is 1. The van der Waals surface area contributed by atoms with Gasteiger partial charge >= 0.3 is 6.18 Å². The van der Waals surface area contributed by atoms with Crippen molar-refractivity contribution in [3.8, 4) is 11.3 Å². The van der Waals surface area contributed by atoms with E-state index in [0.717, 1.165) is 76.4 Å². The second kappa shape index (κ2) is 12.9. The van der Waals surface area contributed by atoms with Crippen LogP contribution in [0, 0.1) is 0 Å². The van der Waals surface area contributed by atoms with Crippen LogP contribution in [-0.4, -0.2) is 101 Å². The van der Waals surface area contributed by atoms with Gasteiger partial charge in [-0.15, -0.1) is 11.8 Å². The highest BCUT2D eigenvalue weighted by Gasteiger charge is 2.35. The Morgan fingerprint density at radius 1 is 1.00 bits per heavy atom. The Hall–Kier alpha value is -1.64. The zero-order valence-corrected chi connectivity index (χ0v) is 25.2. The molecule has 0 saturated carbocycles. The number of halogens is 3. The van der Waals surface area contributed by atoms with E-state index in [2.05, 4.69) is 9.80 Å². The van der Waals surface area contributed by atoms with Crippen molar-refractivity contribution in [3.05, 3.63) is 35.0 Å². The van der Waals surface area contributed by atoms with Crippen LogP contribution in [0.25, 0.3) is 11.3 Å². The topological polar surface area (TPSA) is 81.9 Å². The number of aliphatic hydroxyl groups is 1. The van der Waals surface area contributed by atoms with Crippen LogP contribution in [0.4, 0.5) is 13.2 Å². The molecular weight excluding hydrogens is 575 g/mol. The maximum atomic E-state index is 14.0. The van der Waals surface area contributed by atoms with E-state index < -0.39 is 27.9 Å². The zero-order chi connectivity index (χ0) is 29.2. The van der Waals surface area contributed by atoms with Gasteiger partial charge in [0, 0.05) is 60.1 Å². The Balaban J connectivity index is 1.44. The number of fused-ring (bicyclic) bond motifs is 1. The molecule has 8 nitrogen and oxygen atoms in total. The van der Waals surface area contributed by atoms with Gasteiger partial charge in [0.25, 0.3) is 0 Å². The van der Waals surface area contributed by atoms with Gasteiger partial charge in [0.05, 0.1) is 30.2 Å². The molecule has 2 fully saturated rings. The van der Waals surface area contributed by atoms with Crippen LogP contribution in [0.5, 0.6) is 0 Å². The van der Waals surface area contributed by atoms with Crippen LogP contribution in [0.2, 0.25) is 0 Å². The molecule has 3 aliphatic heterocycles. The molecule has 3 aliphatic rings. The molecule has 1 aromatic carbocycles. The standard InChI is InChI=1S/C28H40F3N5O3S2/c1-41(38,39)35-14-9-25-23(20-35)27(32-36(25)19-22(37)18-34-12-5-6-13-34)21-7-8-24(28(29,30)31)26(17-21)40-16-15-33-10-3-2-4-11-33/h7-8,17,22,37H,2-6,9-16,18-20H2,1H3. The first-order valence-corrected chi connectivity index (χ1v) is 17.3. The van der Waals surface area contributed by atoms with E-state index in [1.54, 1.807) is 10.7 Å². The fraction of sp³-hybridized carbons (Fsp3) is 0.679. The Bertz CT molecular complexity index is 1310. The van der Waals surface area contributed by atoms with Crippen LogP contribution >= 0.6 is 11.8 Å². The molecular formula is C28H40F3N5O3S2. The minimum absolute atomic E-state index is 0.101. The number of nitrogens with zero attached hydrogens (tertiary/aromatic N) is 5. The number of aromatic nitrogens is 2. The normalized spacial score (nSPS) is 20.4. The first-order chi connectivity index (χ1) is 19.5. The van der Waals surface area contributed by atoms with E-state index in [1.807, 2.05) is 0 Å². The molecule has 0 bridgehead atoms. The molecule has 0 radical (unpaired) electrons. The third-order valence-corrected chi connectivity index (χ3v) is 10.6. The van der Waals surface area contributed by atoms with Gasteiger partial charge in [-0.25, -0.2) is 8.42 Å². The van der Waals surface area contributed by atoms with Crippen LogP contribution < -0.4 is 0 Å². The van der Waals surface area contributed by atoms with Gasteiger partial charge in [-0.1, -0.05) is 12.5 Å². The highest BCUT2D eigenvalue weighted by atomic mass is 32.2. The van der Waals surface area contributed by atoms with Crippen molar-refractivity contribution >= 4 is 21.8 Å². The molecule has 13 heteroatoms. The largest absolute Gasteiger partial charge is 0.417 e. The monoisotopic (exact) mass is 615 g/mol. The summed E-state index contributed by atoms with van der Waals surface area (Å²) in [5.74, 6) is 0.545. The number of benzene rings is 1. The van der Waals surface area contributed by atoms with E-state index in [0.29, 0.717) is 42.1 Å². The van der Waals surface area contributed by atoms with Crippen LogP contribution in [0.15, 0.2) is 23.1 Å². The minimum atomic E-state index is -4.49. The van der Waals surface area contributed by atoms with Crippen molar-refractivity contribution in [1.29, 1.82) is 0 Å². The number of hydrogen-bond acceptors (Lipinski definition) is 7. The molecule has 0 spiro atoms. The van der Waals surface area contributed by atoms with E-state index in [1.165, 1.54) is 28.6 Å². The fourth-order valence-corrected chi connectivity index (χ4v) is 8.05. The van der Waals surface area contributed by atoms with E-state index in [-0.39, 0.29) is 18.0 Å². The summed E-state index contributed by atoms with van der Waals surface area (Å²) >= 11 is 1.21. The average Bonchev–Trinajstić information content (AvgIpc) is 3.56. The van der Waals surface area contributed by atoms with Crippen LogP contribution in [0.1, 0.15) is 48.9 Å². The van der Waals surface area contributed by atoms with Crippen molar-refractivity contribution in [3.63, 3.8) is 0 Å². The summed E-state index contributed by atoms with van der Waals surface area (Å²) in [6.45, 7) is 5.77. The summed E-state index contributed by atoms with van der Waals surface area (Å²) in [4.78, 5) is 4.68. The average molecular weight is 616 g/mol. The Morgan fingerprint density at radius 2 is 1.68 bits per heavy atom. The van der Waals surface area contributed by atoms with Gasteiger partial charge in [-0.3, -0.25) is 4.68 Å². The summed E-state index contributed by atoms with van der Waals surface area (Å²) in [7, 11) is -3.47. The zero-order valence-electron chi connectivity index (χ0n) is 23.6.